The number of anilines is 2. The molecule has 1 aromatic rings. The molecule has 1 saturated carbocycles. The summed E-state index contributed by atoms with van der Waals surface area (Å²) in [5, 5.41) is 6.75. The molecular formula is C13H17FN2. The molecule has 0 amide bonds. The average Bonchev–Trinajstić information content (AvgIpc) is 2.48. The Kier molecular flexibility index (Phi) is 2.46. The Labute approximate surface area is 95.2 Å². The molecule has 0 radical (unpaired) electrons. The lowest BCUT2D eigenvalue weighted by Gasteiger charge is -2.30. The average molecular weight is 220 g/mol. The van der Waals surface area contributed by atoms with Crippen LogP contribution in [0.5, 0.6) is 0 Å². The van der Waals surface area contributed by atoms with Crippen molar-refractivity contribution >= 4 is 11.4 Å². The van der Waals surface area contributed by atoms with Crippen molar-refractivity contribution in [3.63, 3.8) is 0 Å². The number of benzene rings is 1. The van der Waals surface area contributed by atoms with Crippen molar-refractivity contribution in [1.29, 1.82) is 0 Å². The van der Waals surface area contributed by atoms with Crippen LogP contribution in [0.15, 0.2) is 18.2 Å². The van der Waals surface area contributed by atoms with E-state index in [9.17, 15) is 4.39 Å². The van der Waals surface area contributed by atoms with Crippen molar-refractivity contribution in [3.8, 4) is 0 Å². The summed E-state index contributed by atoms with van der Waals surface area (Å²) >= 11 is 0. The molecular weight excluding hydrogens is 203 g/mol. The maximum atomic E-state index is 13.6. The van der Waals surface area contributed by atoms with Crippen molar-refractivity contribution in [3.05, 3.63) is 24.0 Å². The second-order valence-electron chi connectivity index (χ2n) is 4.84. The van der Waals surface area contributed by atoms with Crippen molar-refractivity contribution in [2.45, 2.75) is 31.7 Å². The summed E-state index contributed by atoms with van der Waals surface area (Å²) in [4.78, 5) is 0. The summed E-state index contributed by atoms with van der Waals surface area (Å²) < 4.78 is 13.6. The highest BCUT2D eigenvalue weighted by molar-refractivity contribution is 5.70. The molecule has 3 heteroatoms. The SMILES string of the molecule is Fc1cccc2c1NCC1CCCCC1N2. The number of hydrogen-bond donors (Lipinski definition) is 2. The quantitative estimate of drug-likeness (QED) is 0.701. The molecule has 1 fully saturated rings. The zero-order valence-corrected chi connectivity index (χ0v) is 9.30. The Balaban J connectivity index is 1.92. The Bertz CT molecular complexity index is 392. The molecule has 1 aliphatic carbocycles. The van der Waals surface area contributed by atoms with Crippen LogP contribution in [-0.4, -0.2) is 12.6 Å². The van der Waals surface area contributed by atoms with Crippen LogP contribution in [0.25, 0.3) is 0 Å². The third-order valence-corrected chi connectivity index (χ3v) is 3.80. The first-order chi connectivity index (χ1) is 7.84. The number of nitrogens with one attached hydrogen (secondary N) is 2. The third kappa shape index (κ3) is 1.64. The van der Waals surface area contributed by atoms with Crippen LogP contribution in [0.3, 0.4) is 0 Å². The Morgan fingerprint density at radius 2 is 2.06 bits per heavy atom. The second kappa shape index (κ2) is 3.96. The van der Waals surface area contributed by atoms with Gasteiger partial charge in [0.15, 0.2) is 0 Å². The van der Waals surface area contributed by atoms with Gasteiger partial charge in [-0.3, -0.25) is 0 Å². The molecule has 2 nitrogen and oxygen atoms in total. The predicted octanol–water partition coefficient (Wildman–Crippen LogP) is 3.22. The minimum Gasteiger partial charge on any atom is -0.381 e. The standard InChI is InChI=1S/C13H17FN2/c14-10-5-3-7-12-13(10)15-8-9-4-1-2-6-11(9)16-12/h3,5,7,9,11,15-16H,1-2,4,6,8H2. The molecule has 0 spiro atoms. The van der Waals surface area contributed by atoms with Crippen LogP contribution >= 0.6 is 0 Å². The molecule has 0 aromatic heterocycles. The van der Waals surface area contributed by atoms with E-state index in [1.807, 2.05) is 6.07 Å². The molecule has 2 N–H and O–H groups in total. The van der Waals surface area contributed by atoms with E-state index in [1.54, 1.807) is 6.07 Å². The number of rotatable bonds is 0. The fraction of sp³-hybridized carbons (Fsp3) is 0.538. The van der Waals surface area contributed by atoms with Gasteiger partial charge < -0.3 is 10.6 Å². The molecule has 86 valence electrons. The lowest BCUT2D eigenvalue weighted by Crippen LogP contribution is -2.34. The van der Waals surface area contributed by atoms with E-state index in [4.69, 9.17) is 0 Å². The fourth-order valence-electron chi connectivity index (χ4n) is 2.90. The number of fused-ring (bicyclic) bond motifs is 2. The molecule has 1 heterocycles. The van der Waals surface area contributed by atoms with E-state index in [0.717, 1.165) is 12.2 Å². The van der Waals surface area contributed by atoms with Crippen LogP contribution in [0.2, 0.25) is 0 Å². The summed E-state index contributed by atoms with van der Waals surface area (Å²) in [7, 11) is 0. The maximum absolute atomic E-state index is 13.6. The molecule has 2 aliphatic rings. The van der Waals surface area contributed by atoms with Crippen molar-refractivity contribution in [1.82, 2.24) is 0 Å². The fourth-order valence-corrected chi connectivity index (χ4v) is 2.90. The summed E-state index contributed by atoms with van der Waals surface area (Å²) in [6.45, 7) is 0.894. The topological polar surface area (TPSA) is 24.1 Å². The molecule has 16 heavy (non-hydrogen) atoms. The lowest BCUT2D eigenvalue weighted by molar-refractivity contribution is 0.342. The van der Waals surface area contributed by atoms with E-state index >= 15 is 0 Å². The predicted molar refractivity (Wildman–Crippen MR) is 64.3 cm³/mol. The molecule has 0 saturated heterocycles. The van der Waals surface area contributed by atoms with Gasteiger partial charge in [-0.2, -0.15) is 0 Å². The van der Waals surface area contributed by atoms with Gasteiger partial charge in [-0.15, -0.1) is 0 Å². The second-order valence-corrected chi connectivity index (χ2v) is 4.84. The van der Waals surface area contributed by atoms with Gasteiger partial charge in [-0.05, 0) is 30.9 Å². The summed E-state index contributed by atoms with van der Waals surface area (Å²) in [6, 6.07) is 5.76. The van der Waals surface area contributed by atoms with Crippen LogP contribution in [-0.2, 0) is 0 Å². The number of para-hydroxylation sites is 1. The zero-order valence-electron chi connectivity index (χ0n) is 9.30. The van der Waals surface area contributed by atoms with Crippen molar-refractivity contribution < 1.29 is 4.39 Å². The minimum atomic E-state index is -0.149. The molecule has 1 aromatic carbocycles. The molecule has 2 atom stereocenters. The van der Waals surface area contributed by atoms with Gasteiger partial charge in [0.1, 0.15) is 5.82 Å². The van der Waals surface area contributed by atoms with E-state index in [1.165, 1.54) is 31.7 Å². The van der Waals surface area contributed by atoms with Gasteiger partial charge in [0.05, 0.1) is 11.4 Å². The van der Waals surface area contributed by atoms with Crippen LogP contribution in [0, 0.1) is 11.7 Å². The molecule has 2 unspecified atom stereocenters. The van der Waals surface area contributed by atoms with Crippen molar-refractivity contribution in [2.24, 2.45) is 5.92 Å². The first kappa shape index (κ1) is 9.94. The van der Waals surface area contributed by atoms with Gasteiger partial charge in [0.2, 0.25) is 0 Å². The monoisotopic (exact) mass is 220 g/mol. The number of halogens is 1. The van der Waals surface area contributed by atoms with Gasteiger partial charge >= 0.3 is 0 Å². The van der Waals surface area contributed by atoms with Gasteiger partial charge in [0, 0.05) is 12.6 Å². The van der Waals surface area contributed by atoms with E-state index in [2.05, 4.69) is 10.6 Å². The first-order valence-corrected chi connectivity index (χ1v) is 6.13. The lowest BCUT2D eigenvalue weighted by atomic mass is 9.84. The molecule has 0 bridgehead atoms. The zero-order chi connectivity index (χ0) is 11.0. The summed E-state index contributed by atoms with van der Waals surface area (Å²) in [5.41, 5.74) is 1.58. The molecule has 1 aliphatic heterocycles. The van der Waals surface area contributed by atoms with Gasteiger partial charge in [-0.25, -0.2) is 4.39 Å². The third-order valence-electron chi connectivity index (χ3n) is 3.80. The van der Waals surface area contributed by atoms with Crippen LogP contribution < -0.4 is 10.6 Å². The maximum Gasteiger partial charge on any atom is 0.148 e. The Hall–Kier alpha value is -1.25. The summed E-state index contributed by atoms with van der Waals surface area (Å²) in [5.74, 6) is 0.490. The van der Waals surface area contributed by atoms with Gasteiger partial charge in [-0.1, -0.05) is 18.9 Å². The van der Waals surface area contributed by atoms with Crippen LogP contribution in [0.1, 0.15) is 25.7 Å². The Morgan fingerprint density at radius 1 is 1.19 bits per heavy atom. The van der Waals surface area contributed by atoms with Gasteiger partial charge in [0.25, 0.3) is 0 Å². The Morgan fingerprint density at radius 3 is 3.00 bits per heavy atom. The van der Waals surface area contributed by atoms with E-state index < -0.39 is 0 Å². The molecule has 3 rings (SSSR count). The van der Waals surface area contributed by atoms with Crippen molar-refractivity contribution in [2.75, 3.05) is 17.2 Å². The minimum absolute atomic E-state index is 0.149. The normalized spacial score (nSPS) is 28.1. The number of hydrogen-bond acceptors (Lipinski definition) is 2. The van der Waals surface area contributed by atoms with E-state index in [-0.39, 0.29) is 5.82 Å². The summed E-state index contributed by atoms with van der Waals surface area (Å²) in [6.07, 6.45) is 5.06. The highest BCUT2D eigenvalue weighted by atomic mass is 19.1. The van der Waals surface area contributed by atoms with Crippen LogP contribution in [0.4, 0.5) is 15.8 Å². The largest absolute Gasteiger partial charge is 0.381 e. The highest BCUT2D eigenvalue weighted by Gasteiger charge is 2.28. The smallest absolute Gasteiger partial charge is 0.148 e. The van der Waals surface area contributed by atoms with E-state index in [0.29, 0.717) is 17.6 Å². The highest BCUT2D eigenvalue weighted by Crippen LogP contribution is 2.34. The first-order valence-electron chi connectivity index (χ1n) is 6.13.